The Morgan fingerprint density at radius 1 is 0.933 bits per heavy atom. The highest BCUT2D eigenvalue weighted by atomic mass is 16.5. The molecule has 3 nitrogen and oxygen atoms in total. The Morgan fingerprint density at radius 2 is 1.63 bits per heavy atom. The van der Waals surface area contributed by atoms with Gasteiger partial charge in [0.25, 0.3) is 0 Å². The highest BCUT2D eigenvalue weighted by Gasteiger charge is 2.30. The van der Waals surface area contributed by atoms with Gasteiger partial charge in [-0.2, -0.15) is 0 Å². The summed E-state index contributed by atoms with van der Waals surface area (Å²) in [6.45, 7) is 8.94. The van der Waals surface area contributed by atoms with E-state index in [1.165, 1.54) is 5.56 Å². The number of ether oxygens (including phenoxy) is 2. The quantitative estimate of drug-likeness (QED) is 0.471. The average Bonchev–Trinajstić information content (AvgIpc) is 3.04. The molecule has 0 radical (unpaired) electrons. The second kappa shape index (κ2) is 7.83. The summed E-state index contributed by atoms with van der Waals surface area (Å²) in [4.78, 5) is 12.8. The first kappa shape index (κ1) is 20.0. The minimum absolute atomic E-state index is 0.0921. The molecule has 0 unspecified atom stereocenters. The molecule has 0 atom stereocenters. The van der Waals surface area contributed by atoms with Gasteiger partial charge in [-0.05, 0) is 47.2 Å². The van der Waals surface area contributed by atoms with Crippen molar-refractivity contribution in [1.82, 2.24) is 0 Å². The van der Waals surface area contributed by atoms with Gasteiger partial charge in [-0.25, -0.2) is 0 Å². The van der Waals surface area contributed by atoms with Crippen LogP contribution in [0.1, 0.15) is 53.4 Å². The second-order valence-corrected chi connectivity index (χ2v) is 8.65. The van der Waals surface area contributed by atoms with E-state index in [1.807, 2.05) is 55.5 Å². The van der Waals surface area contributed by atoms with Gasteiger partial charge in [-0.3, -0.25) is 4.79 Å². The average molecular weight is 399 g/mol. The van der Waals surface area contributed by atoms with E-state index in [9.17, 15) is 4.79 Å². The summed E-state index contributed by atoms with van der Waals surface area (Å²) in [5.41, 5.74) is 4.79. The van der Waals surface area contributed by atoms with Crippen LogP contribution in [0.4, 0.5) is 0 Å². The molecule has 30 heavy (non-hydrogen) atoms. The minimum Gasteiger partial charge on any atom is -0.488 e. The van der Waals surface area contributed by atoms with Crippen molar-refractivity contribution in [3.8, 4) is 11.5 Å². The smallest absolute Gasteiger partial charge is 0.231 e. The van der Waals surface area contributed by atoms with E-state index in [4.69, 9.17) is 9.47 Å². The normalized spacial score (nSPS) is 14.5. The highest BCUT2D eigenvalue weighted by molar-refractivity contribution is 6.14. The summed E-state index contributed by atoms with van der Waals surface area (Å²) < 4.78 is 11.9. The lowest BCUT2D eigenvalue weighted by molar-refractivity contribution is 0.101. The van der Waals surface area contributed by atoms with Crippen LogP contribution in [0.15, 0.2) is 72.5 Å². The van der Waals surface area contributed by atoms with E-state index in [1.54, 1.807) is 12.1 Å². The largest absolute Gasteiger partial charge is 0.488 e. The Bertz CT molecular complexity index is 1100. The predicted molar refractivity (Wildman–Crippen MR) is 120 cm³/mol. The molecule has 1 heterocycles. The molecule has 0 saturated carbocycles. The first-order valence-corrected chi connectivity index (χ1v) is 10.2. The Morgan fingerprint density at radius 3 is 2.30 bits per heavy atom. The maximum atomic E-state index is 12.8. The number of carbonyl (C=O) groups is 1. The van der Waals surface area contributed by atoms with Crippen molar-refractivity contribution in [3.05, 3.63) is 100 Å². The van der Waals surface area contributed by atoms with Gasteiger partial charge in [0, 0.05) is 5.56 Å². The third kappa shape index (κ3) is 4.02. The van der Waals surface area contributed by atoms with E-state index in [2.05, 4.69) is 32.9 Å². The maximum absolute atomic E-state index is 12.8. The molecule has 0 amide bonds. The van der Waals surface area contributed by atoms with Crippen LogP contribution in [-0.4, -0.2) is 5.78 Å². The van der Waals surface area contributed by atoms with Gasteiger partial charge in [0.15, 0.2) is 5.76 Å². The number of benzene rings is 3. The zero-order valence-electron chi connectivity index (χ0n) is 17.9. The lowest BCUT2D eigenvalue weighted by atomic mass is 9.86. The van der Waals surface area contributed by atoms with Crippen LogP contribution in [0.3, 0.4) is 0 Å². The van der Waals surface area contributed by atoms with Crippen molar-refractivity contribution in [2.45, 2.75) is 39.7 Å². The number of hydrogen-bond donors (Lipinski definition) is 0. The third-order valence-corrected chi connectivity index (χ3v) is 5.35. The number of fused-ring (bicyclic) bond motifs is 1. The maximum Gasteiger partial charge on any atom is 0.231 e. The number of Topliss-reactive ketones (excluding diaryl/α,β-unsaturated/α-hetero) is 1. The summed E-state index contributed by atoms with van der Waals surface area (Å²) in [5, 5.41) is 0. The van der Waals surface area contributed by atoms with Crippen LogP contribution in [0.2, 0.25) is 0 Å². The van der Waals surface area contributed by atoms with Crippen molar-refractivity contribution < 1.29 is 14.3 Å². The molecule has 0 bridgehead atoms. The van der Waals surface area contributed by atoms with Gasteiger partial charge in [-0.15, -0.1) is 0 Å². The molecule has 0 aromatic heterocycles. The van der Waals surface area contributed by atoms with Crippen LogP contribution < -0.4 is 9.47 Å². The van der Waals surface area contributed by atoms with Crippen LogP contribution in [0.5, 0.6) is 11.5 Å². The first-order chi connectivity index (χ1) is 14.3. The molecular formula is C27H26O3. The SMILES string of the molecule is Cc1c(OCc2ccccc2)ccc2c1O/C(=C\c1ccc(C(C)(C)C)cc1)C2=O. The van der Waals surface area contributed by atoms with Gasteiger partial charge in [0.05, 0.1) is 5.56 Å². The fourth-order valence-corrected chi connectivity index (χ4v) is 3.49. The number of rotatable bonds is 4. The zero-order chi connectivity index (χ0) is 21.3. The molecule has 0 fully saturated rings. The number of carbonyl (C=O) groups excluding carboxylic acids is 1. The van der Waals surface area contributed by atoms with Crippen molar-refractivity contribution in [2.75, 3.05) is 0 Å². The van der Waals surface area contributed by atoms with Crippen molar-refractivity contribution in [3.63, 3.8) is 0 Å². The Labute approximate surface area is 178 Å². The van der Waals surface area contributed by atoms with E-state index >= 15 is 0 Å². The van der Waals surface area contributed by atoms with Gasteiger partial charge in [0.2, 0.25) is 5.78 Å². The summed E-state index contributed by atoms with van der Waals surface area (Å²) in [6, 6.07) is 21.9. The third-order valence-electron chi connectivity index (χ3n) is 5.35. The van der Waals surface area contributed by atoms with Gasteiger partial charge >= 0.3 is 0 Å². The van der Waals surface area contributed by atoms with Crippen LogP contribution >= 0.6 is 0 Å². The van der Waals surface area contributed by atoms with Crippen molar-refractivity contribution >= 4 is 11.9 Å². The molecule has 0 spiro atoms. The number of hydrogen-bond acceptors (Lipinski definition) is 3. The predicted octanol–water partition coefficient (Wildman–Crippen LogP) is 6.49. The molecule has 3 aromatic carbocycles. The molecule has 4 rings (SSSR count). The highest BCUT2D eigenvalue weighted by Crippen LogP contribution is 2.39. The minimum atomic E-state index is -0.0948. The molecule has 1 aliphatic heterocycles. The first-order valence-electron chi connectivity index (χ1n) is 10.2. The summed E-state index contributed by atoms with van der Waals surface area (Å²) in [5.74, 6) is 1.56. The monoisotopic (exact) mass is 398 g/mol. The molecule has 0 saturated heterocycles. The Hall–Kier alpha value is -3.33. The van der Waals surface area contributed by atoms with Gasteiger partial charge in [-0.1, -0.05) is 75.4 Å². The lowest BCUT2D eigenvalue weighted by Gasteiger charge is -2.18. The number of allylic oxidation sites excluding steroid dienone is 1. The van der Waals surface area contributed by atoms with Crippen LogP contribution in [0, 0.1) is 6.92 Å². The zero-order valence-corrected chi connectivity index (χ0v) is 17.9. The molecule has 1 aliphatic rings. The molecule has 0 N–H and O–H groups in total. The van der Waals surface area contributed by atoms with E-state index in [0.717, 1.165) is 22.4 Å². The van der Waals surface area contributed by atoms with Crippen molar-refractivity contribution in [1.29, 1.82) is 0 Å². The molecule has 3 heteroatoms. The standard InChI is InChI=1S/C27H26O3/c1-18-23(29-17-20-8-6-5-7-9-20)15-14-22-25(28)24(30-26(18)22)16-19-10-12-21(13-11-19)27(2,3)4/h5-16H,17H2,1-4H3/b24-16-. The second-order valence-electron chi connectivity index (χ2n) is 8.65. The fraction of sp³-hybridized carbons (Fsp3) is 0.222. The fourth-order valence-electron chi connectivity index (χ4n) is 3.49. The molecule has 0 aliphatic carbocycles. The van der Waals surface area contributed by atoms with E-state index in [0.29, 0.717) is 23.7 Å². The van der Waals surface area contributed by atoms with Gasteiger partial charge in [0.1, 0.15) is 18.1 Å². The van der Waals surface area contributed by atoms with Crippen molar-refractivity contribution in [2.24, 2.45) is 0 Å². The van der Waals surface area contributed by atoms with E-state index < -0.39 is 0 Å². The van der Waals surface area contributed by atoms with Gasteiger partial charge < -0.3 is 9.47 Å². The summed E-state index contributed by atoms with van der Waals surface area (Å²) in [6.07, 6.45) is 1.80. The molecule has 152 valence electrons. The Kier molecular flexibility index (Phi) is 5.21. The topological polar surface area (TPSA) is 35.5 Å². The lowest BCUT2D eigenvalue weighted by Crippen LogP contribution is -2.10. The summed E-state index contributed by atoms with van der Waals surface area (Å²) >= 11 is 0. The van der Waals surface area contributed by atoms with E-state index in [-0.39, 0.29) is 11.2 Å². The van der Waals surface area contributed by atoms with Crippen LogP contribution in [-0.2, 0) is 12.0 Å². The Balaban J connectivity index is 1.55. The molecular weight excluding hydrogens is 372 g/mol. The molecule has 3 aromatic rings. The summed E-state index contributed by atoms with van der Waals surface area (Å²) in [7, 11) is 0. The van der Waals surface area contributed by atoms with Crippen LogP contribution in [0.25, 0.3) is 6.08 Å². The number of ketones is 1.